The summed E-state index contributed by atoms with van der Waals surface area (Å²) in [7, 11) is -4.93. The van der Waals surface area contributed by atoms with Gasteiger partial charge in [-0.15, -0.1) is 11.6 Å². The number of benzene rings is 4. The molecule has 5 amide bonds. The number of fused-ring (bicyclic) bond motifs is 4. The average molecular weight is 976 g/mol. The number of aromatic nitrogens is 1. The quantitative estimate of drug-likeness (QED) is 0.0113. The van der Waals surface area contributed by atoms with Gasteiger partial charge in [0.15, 0.2) is 11.6 Å². The molecular formula is C48H56ClN6O10PS. The van der Waals surface area contributed by atoms with Gasteiger partial charge in [-0.3, -0.25) is 33.8 Å². The molecule has 2 heterocycles. The molecule has 0 bridgehead atoms. The average Bonchev–Trinajstić information content (AvgIpc) is 3.88. The number of thiol groups is 1. The summed E-state index contributed by atoms with van der Waals surface area (Å²) in [5, 5.41) is 10.1. The van der Waals surface area contributed by atoms with Crippen LogP contribution in [0, 0.1) is 11.8 Å². The number of halogens is 1. The Hall–Kier alpha value is -5.71. The normalized spacial score (nSPS) is 14.4. The molecule has 19 heteroatoms. The maximum Gasteiger partial charge on any atom is 0.524 e. The first kappa shape index (κ1) is 50.7. The van der Waals surface area contributed by atoms with Crippen molar-refractivity contribution in [2.75, 3.05) is 36.2 Å². The van der Waals surface area contributed by atoms with Crippen molar-refractivity contribution in [3.05, 3.63) is 107 Å². The number of anilines is 1. The summed E-state index contributed by atoms with van der Waals surface area (Å²) >= 11 is 10.5. The molecule has 356 valence electrons. The lowest BCUT2D eigenvalue weighted by molar-refractivity contribution is -0.131. The third kappa shape index (κ3) is 13.3. The molecule has 0 aliphatic carbocycles. The highest BCUT2D eigenvalue weighted by molar-refractivity contribution is 7.80. The number of phosphoric ester groups is 1. The molecule has 1 aromatic heterocycles. The molecule has 0 fully saturated rings. The zero-order valence-electron chi connectivity index (χ0n) is 37.3. The van der Waals surface area contributed by atoms with E-state index in [4.69, 9.17) is 21.9 Å². The Balaban J connectivity index is 1.11. The maximum atomic E-state index is 14.1. The summed E-state index contributed by atoms with van der Waals surface area (Å²) in [6.45, 7) is 4.75. The number of Topliss-reactive ketones (excluding diaryl/α,β-unsaturated/α-hetero) is 2. The fourth-order valence-corrected chi connectivity index (χ4v) is 9.39. The van der Waals surface area contributed by atoms with Crippen LogP contribution in [0.4, 0.5) is 10.5 Å². The molecule has 5 aromatic rings. The molecule has 0 unspecified atom stereocenters. The number of phosphoric acid groups is 1. The summed E-state index contributed by atoms with van der Waals surface area (Å²) in [6.07, 6.45) is 2.11. The highest BCUT2D eigenvalue weighted by Gasteiger charge is 2.36. The number of hydrogen-bond donors (Lipinski definition) is 8. The number of primary amides is 1. The van der Waals surface area contributed by atoms with Crippen molar-refractivity contribution >= 4 is 94.7 Å². The molecule has 6 rings (SSSR count). The molecule has 1 aliphatic rings. The van der Waals surface area contributed by atoms with Crippen molar-refractivity contribution in [1.29, 1.82) is 0 Å². The van der Waals surface area contributed by atoms with E-state index in [1.807, 2.05) is 19.9 Å². The summed E-state index contributed by atoms with van der Waals surface area (Å²) in [4.78, 5) is 102. The third-order valence-electron chi connectivity index (χ3n) is 11.9. The van der Waals surface area contributed by atoms with E-state index in [0.717, 1.165) is 5.56 Å². The third-order valence-corrected chi connectivity index (χ3v) is 12.9. The second kappa shape index (κ2) is 22.9. The maximum absolute atomic E-state index is 14.1. The second-order valence-corrected chi connectivity index (χ2v) is 19.0. The van der Waals surface area contributed by atoms with Gasteiger partial charge in [0.2, 0.25) is 11.8 Å². The number of nitrogens with two attached hydrogens (primary N) is 1. The predicted molar refractivity (Wildman–Crippen MR) is 261 cm³/mol. The van der Waals surface area contributed by atoms with Gasteiger partial charge >= 0.3 is 13.9 Å². The zero-order chi connectivity index (χ0) is 48.4. The second-order valence-electron chi connectivity index (χ2n) is 17.1. The number of amides is 5. The molecule has 0 radical (unpaired) electrons. The SMILES string of the molecule is CC(C)[C@H](CCCNC(=O)CCS)C(=O)N[C@@H](CCCNC(N)=O)C(=O)Cc1ccc(C(=O)Cc2ccc3[nH]c(C(=O)N4C[C@@H](CCl)c5c4cc(OP(=O)(O)O)c4ccccc54)cc3c2)cc1. The molecule has 8 N–H and O–H groups in total. The number of hydrogen-bond acceptors (Lipinski definition) is 9. The standard InChI is InChI=1S/C48H56ClN6O10PS/c1-28(2)34(9-5-18-51-44(58)17-20-67)46(59)54-38(10-6-19-52-48(50)61)42(57)22-29-11-14-31(15-12-29)41(56)23-30-13-16-37-32(21-30)24-39(53-37)47(60)55-27-33(26-49)45-36-8-4-3-7-35(36)43(25-40(45)55)65-66(62,63)64/h3-4,7-8,11-16,21,24-25,28,33-34,38,53,67H,5-6,9-10,17-20,22-23,26-27H2,1-2H3,(H,51,58)(H,54,59)(H3,50,52,61)(H2,62,63,64)/t33-,34+,38+/m1/s1. The summed E-state index contributed by atoms with van der Waals surface area (Å²) in [5.74, 6) is -1.25. The summed E-state index contributed by atoms with van der Waals surface area (Å²) in [5.41, 5.74) is 9.15. The molecule has 4 aromatic carbocycles. The zero-order valence-corrected chi connectivity index (χ0v) is 39.8. The lowest BCUT2D eigenvalue weighted by Crippen LogP contribution is -2.46. The van der Waals surface area contributed by atoms with Gasteiger partial charge in [-0.1, -0.05) is 68.4 Å². The van der Waals surface area contributed by atoms with Gasteiger partial charge in [-0.2, -0.15) is 12.6 Å². The van der Waals surface area contributed by atoms with Crippen LogP contribution < -0.4 is 31.1 Å². The number of H-pyrrole nitrogens is 1. The number of alkyl halides is 1. The molecule has 1 aliphatic heterocycles. The Morgan fingerprint density at radius 3 is 2.27 bits per heavy atom. The van der Waals surface area contributed by atoms with Gasteiger partial charge in [0.05, 0.1) is 11.7 Å². The van der Waals surface area contributed by atoms with Crippen molar-refractivity contribution in [2.24, 2.45) is 17.6 Å². The smallest absolute Gasteiger partial charge is 0.404 e. The van der Waals surface area contributed by atoms with Crippen LogP contribution in [0.3, 0.4) is 0 Å². The van der Waals surface area contributed by atoms with Crippen LogP contribution in [0.5, 0.6) is 5.75 Å². The summed E-state index contributed by atoms with van der Waals surface area (Å²) < 4.78 is 17.0. The number of carbonyl (C=O) groups excluding carboxylic acids is 6. The van der Waals surface area contributed by atoms with Crippen molar-refractivity contribution in [3.63, 3.8) is 0 Å². The molecule has 3 atom stereocenters. The molecule has 16 nitrogen and oxygen atoms in total. The number of rotatable bonds is 23. The van der Waals surface area contributed by atoms with Gasteiger partial charge in [-0.25, -0.2) is 9.36 Å². The number of nitrogens with one attached hydrogen (secondary N) is 4. The van der Waals surface area contributed by atoms with Crippen molar-refractivity contribution in [1.82, 2.24) is 20.9 Å². The largest absolute Gasteiger partial charge is 0.524 e. The fourth-order valence-electron chi connectivity index (χ4n) is 8.52. The Kier molecular flexibility index (Phi) is 17.3. The first-order valence-electron chi connectivity index (χ1n) is 22.1. The Labute approximate surface area is 398 Å². The minimum Gasteiger partial charge on any atom is -0.404 e. The molecular weight excluding hydrogens is 919 g/mol. The minimum absolute atomic E-state index is 0.00806. The first-order valence-corrected chi connectivity index (χ1v) is 24.8. The number of carbonyl (C=O) groups is 6. The minimum atomic E-state index is -4.93. The van der Waals surface area contributed by atoms with Crippen LogP contribution in [0.25, 0.3) is 21.7 Å². The van der Waals surface area contributed by atoms with Crippen molar-refractivity contribution < 1.29 is 47.6 Å². The van der Waals surface area contributed by atoms with E-state index < -0.39 is 25.8 Å². The number of aromatic amines is 1. The Morgan fingerprint density at radius 2 is 1.60 bits per heavy atom. The molecule has 0 saturated carbocycles. The van der Waals surface area contributed by atoms with Crippen LogP contribution in [0.1, 0.15) is 89.4 Å². The lowest BCUT2D eigenvalue weighted by Gasteiger charge is -2.24. The lowest BCUT2D eigenvalue weighted by atomic mass is 9.89. The van der Waals surface area contributed by atoms with Gasteiger partial charge < -0.3 is 36.1 Å². The Bertz CT molecular complexity index is 2690. The van der Waals surface area contributed by atoms with E-state index in [9.17, 15) is 43.1 Å². The number of nitrogens with zero attached hydrogens (tertiary/aromatic N) is 1. The monoisotopic (exact) mass is 974 g/mol. The van der Waals surface area contributed by atoms with Crippen LogP contribution in [0.15, 0.2) is 78.9 Å². The number of ketones is 2. The fraction of sp³-hybridized carbons (Fsp3) is 0.375. The van der Waals surface area contributed by atoms with Gasteiger partial charge in [0, 0.05) is 84.5 Å². The van der Waals surface area contributed by atoms with Crippen LogP contribution >= 0.6 is 32.1 Å². The van der Waals surface area contributed by atoms with E-state index in [1.165, 1.54) is 11.0 Å². The van der Waals surface area contributed by atoms with E-state index in [1.54, 1.807) is 66.7 Å². The highest BCUT2D eigenvalue weighted by Crippen LogP contribution is 2.49. The topological polar surface area (TPSA) is 250 Å². The van der Waals surface area contributed by atoms with Crippen LogP contribution in [-0.2, 0) is 31.8 Å². The predicted octanol–water partition coefficient (Wildman–Crippen LogP) is 6.73. The van der Waals surface area contributed by atoms with E-state index in [-0.39, 0.29) is 90.8 Å². The van der Waals surface area contributed by atoms with Gasteiger partial charge in [0.1, 0.15) is 11.4 Å². The van der Waals surface area contributed by atoms with Crippen molar-refractivity contribution in [3.8, 4) is 5.75 Å². The number of urea groups is 1. The van der Waals surface area contributed by atoms with Crippen molar-refractivity contribution in [2.45, 2.75) is 70.8 Å². The van der Waals surface area contributed by atoms with Crippen LogP contribution in [-0.4, -0.2) is 87.4 Å². The van der Waals surface area contributed by atoms with Crippen LogP contribution in [0.2, 0.25) is 0 Å². The van der Waals surface area contributed by atoms with E-state index in [0.29, 0.717) is 82.0 Å². The van der Waals surface area contributed by atoms with Gasteiger partial charge in [0.25, 0.3) is 5.91 Å². The summed E-state index contributed by atoms with van der Waals surface area (Å²) in [6, 6.07) is 20.8. The molecule has 67 heavy (non-hydrogen) atoms. The van der Waals surface area contributed by atoms with Gasteiger partial charge in [-0.05, 0) is 77.6 Å². The first-order chi connectivity index (χ1) is 32.0. The molecule has 0 spiro atoms. The highest BCUT2D eigenvalue weighted by atomic mass is 35.5. The van der Waals surface area contributed by atoms with E-state index in [2.05, 4.69) is 33.6 Å². The Morgan fingerprint density at radius 1 is 0.910 bits per heavy atom. The molecule has 0 saturated heterocycles. The van der Waals surface area contributed by atoms with E-state index >= 15 is 0 Å².